The topological polar surface area (TPSA) is 110 Å². The Morgan fingerprint density at radius 1 is 1.20 bits per heavy atom. The number of piperidine rings is 1. The van der Waals surface area contributed by atoms with Crippen molar-refractivity contribution in [2.75, 3.05) is 26.7 Å². The van der Waals surface area contributed by atoms with Crippen LogP contribution >= 0.6 is 22.9 Å². The molecule has 0 aliphatic carbocycles. The number of aliphatic hydroxyl groups is 2. The van der Waals surface area contributed by atoms with Crippen molar-refractivity contribution in [2.24, 2.45) is 5.41 Å². The van der Waals surface area contributed by atoms with Gasteiger partial charge in [-0.15, -0.1) is 11.3 Å². The fourth-order valence-electron chi connectivity index (χ4n) is 6.11. The molecule has 1 aromatic carbocycles. The number of nitriles is 1. The molecule has 0 amide bonds. The van der Waals surface area contributed by atoms with Gasteiger partial charge in [-0.3, -0.25) is 9.88 Å². The second-order valence-electron chi connectivity index (χ2n) is 11.1. The summed E-state index contributed by atoms with van der Waals surface area (Å²) in [7, 11) is 1.18. The average molecular weight is 647 g/mol. The Labute approximate surface area is 260 Å². The smallest absolute Gasteiger partial charge is 0.406 e. The number of thiophene rings is 1. The number of nitrogens with zero attached hydrogens (tertiary/aromatic N) is 5. The van der Waals surface area contributed by atoms with Crippen LogP contribution in [0.15, 0.2) is 54.7 Å². The molecule has 44 heavy (non-hydrogen) atoms. The normalized spacial score (nSPS) is 21.0. The van der Waals surface area contributed by atoms with E-state index in [1.54, 1.807) is 12.3 Å². The number of alkyl halides is 3. The van der Waals surface area contributed by atoms with Crippen molar-refractivity contribution in [2.45, 2.75) is 44.7 Å². The highest BCUT2D eigenvalue weighted by Crippen LogP contribution is 2.41. The number of aliphatic hydroxyl groups excluding tert-OH is 2. The van der Waals surface area contributed by atoms with E-state index in [0.717, 1.165) is 63.6 Å². The molecule has 2 unspecified atom stereocenters. The number of ether oxygens (including phenoxy) is 1. The first-order valence-electron chi connectivity index (χ1n) is 14.0. The van der Waals surface area contributed by atoms with Crippen LogP contribution < -0.4 is 5.32 Å². The fraction of sp³-hybridized carbons (Fsp3) is 0.400. The Bertz CT molecular complexity index is 1760. The zero-order valence-corrected chi connectivity index (χ0v) is 25.3. The van der Waals surface area contributed by atoms with Gasteiger partial charge in [0.05, 0.1) is 34.3 Å². The summed E-state index contributed by atoms with van der Waals surface area (Å²) in [6.45, 7) is 0.591. The first kappa shape index (κ1) is 30.6. The molecule has 0 saturated carbocycles. The molecule has 2 aliphatic heterocycles. The summed E-state index contributed by atoms with van der Waals surface area (Å²) >= 11 is 7.95. The molecule has 2 atom stereocenters. The van der Waals surface area contributed by atoms with Crippen LogP contribution in [0.2, 0.25) is 5.02 Å². The molecule has 0 radical (unpaired) electrons. The Morgan fingerprint density at radius 2 is 1.98 bits per heavy atom. The van der Waals surface area contributed by atoms with Gasteiger partial charge in [0.1, 0.15) is 12.8 Å². The number of nitrogens with one attached hydrogen (secondary N) is 1. The lowest BCUT2D eigenvalue weighted by Gasteiger charge is -2.43. The monoisotopic (exact) mass is 646 g/mol. The van der Waals surface area contributed by atoms with Crippen LogP contribution in [0.5, 0.6) is 0 Å². The highest BCUT2D eigenvalue weighted by atomic mass is 35.5. The lowest BCUT2D eigenvalue weighted by molar-refractivity contribution is -0.222. The number of methoxy groups -OCH3 is 1. The van der Waals surface area contributed by atoms with Crippen molar-refractivity contribution >= 4 is 44.1 Å². The first-order valence-corrected chi connectivity index (χ1v) is 15.2. The third-order valence-corrected chi connectivity index (χ3v) is 9.60. The molecule has 0 bridgehead atoms. The van der Waals surface area contributed by atoms with E-state index in [0.29, 0.717) is 26.9 Å². The largest absolute Gasteiger partial charge is 0.482 e. The number of pyridine rings is 1. The summed E-state index contributed by atoms with van der Waals surface area (Å²) in [5, 5.41) is 36.5. The van der Waals surface area contributed by atoms with Gasteiger partial charge < -0.3 is 24.8 Å². The van der Waals surface area contributed by atoms with Crippen molar-refractivity contribution in [3.8, 4) is 17.2 Å². The van der Waals surface area contributed by atoms with E-state index >= 15 is 0 Å². The maximum Gasteiger partial charge on any atom is 0.406 e. The predicted molar refractivity (Wildman–Crippen MR) is 161 cm³/mol. The van der Waals surface area contributed by atoms with Crippen molar-refractivity contribution in [3.05, 3.63) is 64.6 Å². The Hall–Kier alpha value is -3.38. The number of aromatic nitrogens is 2. The first-order chi connectivity index (χ1) is 21.0. The van der Waals surface area contributed by atoms with Gasteiger partial charge in [-0.1, -0.05) is 11.6 Å². The highest BCUT2D eigenvalue weighted by molar-refractivity contribution is 7.19. The van der Waals surface area contributed by atoms with Gasteiger partial charge >= 0.3 is 6.18 Å². The Balaban J connectivity index is 1.38. The van der Waals surface area contributed by atoms with Crippen LogP contribution in [0.3, 0.4) is 0 Å². The second-order valence-corrected chi connectivity index (χ2v) is 12.7. The molecule has 4 aromatic rings. The quantitative estimate of drug-likeness (QED) is 0.251. The molecule has 6 rings (SSSR count). The van der Waals surface area contributed by atoms with Crippen LogP contribution in [0, 0.1) is 16.7 Å². The molecule has 1 saturated heterocycles. The van der Waals surface area contributed by atoms with Gasteiger partial charge in [-0.2, -0.15) is 18.4 Å². The maximum absolute atomic E-state index is 13.3. The SMILES string of the molecule is COC1=CC(O)N(Cc2cc3nccc(-c4cc(Cl)cc5ccn(CC6(C#N)CCNCC6)c45)c3s2)C(O)N1CC(F)(F)F. The zero-order valence-electron chi connectivity index (χ0n) is 23.7. The van der Waals surface area contributed by atoms with Crippen LogP contribution in [-0.4, -0.2) is 75.1 Å². The Kier molecular flexibility index (Phi) is 8.25. The summed E-state index contributed by atoms with van der Waals surface area (Å²) < 4.78 is 47.8. The maximum atomic E-state index is 13.3. The van der Waals surface area contributed by atoms with Crippen LogP contribution in [-0.2, 0) is 17.8 Å². The predicted octanol–water partition coefficient (Wildman–Crippen LogP) is 5.23. The van der Waals surface area contributed by atoms with Crippen molar-refractivity contribution < 1.29 is 28.1 Å². The van der Waals surface area contributed by atoms with Crippen molar-refractivity contribution in [1.82, 2.24) is 24.7 Å². The van der Waals surface area contributed by atoms with Crippen LogP contribution in [0.4, 0.5) is 13.2 Å². The Morgan fingerprint density at radius 3 is 2.68 bits per heavy atom. The van der Waals surface area contributed by atoms with Gasteiger partial charge in [0.25, 0.3) is 0 Å². The molecular formula is C30H30ClF3N6O3S. The molecule has 9 nitrogen and oxygen atoms in total. The standard InChI is InChI=1S/C30H30ClF3N6O3S/c1-43-25-13-24(41)39(28(42)40(25)17-30(32,33)34)14-20-12-23-27(44-20)21(2-6-37-23)22-11-19(31)10-18-3-9-38(26(18)22)16-29(15-35)4-7-36-8-5-29/h2-3,6,9-13,24,28,36,41-42H,4-5,7-8,14,16-17H2,1H3. The summed E-state index contributed by atoms with van der Waals surface area (Å²) in [6.07, 6.45) is -1.50. The fourth-order valence-corrected chi connectivity index (χ4v) is 7.48. The molecule has 232 valence electrons. The third kappa shape index (κ3) is 5.85. The van der Waals surface area contributed by atoms with Crippen molar-refractivity contribution in [1.29, 1.82) is 5.26 Å². The number of hydrogen-bond acceptors (Lipinski definition) is 9. The summed E-state index contributed by atoms with van der Waals surface area (Å²) in [6, 6.07) is 12.0. The molecule has 2 aliphatic rings. The van der Waals surface area contributed by atoms with E-state index in [9.17, 15) is 28.6 Å². The number of benzene rings is 1. The summed E-state index contributed by atoms with van der Waals surface area (Å²) in [5.41, 5.74) is 2.82. The van der Waals surface area contributed by atoms with E-state index in [2.05, 4.69) is 20.9 Å². The van der Waals surface area contributed by atoms with Crippen molar-refractivity contribution in [3.63, 3.8) is 0 Å². The van der Waals surface area contributed by atoms with Gasteiger partial charge in [0, 0.05) is 58.0 Å². The highest BCUT2D eigenvalue weighted by Gasteiger charge is 2.41. The number of halogens is 4. The van der Waals surface area contributed by atoms with Gasteiger partial charge in [0.15, 0.2) is 12.2 Å². The lowest BCUT2D eigenvalue weighted by Crippen LogP contribution is -2.57. The van der Waals surface area contributed by atoms with E-state index in [4.69, 9.17) is 16.3 Å². The molecule has 3 aromatic heterocycles. The molecule has 14 heteroatoms. The molecule has 0 spiro atoms. The second kappa shape index (κ2) is 11.8. The summed E-state index contributed by atoms with van der Waals surface area (Å²) in [5.74, 6) is -0.269. The minimum absolute atomic E-state index is 0.0509. The molecule has 5 heterocycles. The lowest BCUT2D eigenvalue weighted by atomic mass is 9.80. The number of rotatable bonds is 7. The van der Waals surface area contributed by atoms with Gasteiger partial charge in [-0.05, 0) is 56.3 Å². The van der Waals surface area contributed by atoms with Gasteiger partial charge in [-0.25, -0.2) is 4.90 Å². The zero-order chi connectivity index (χ0) is 31.2. The molecule has 3 N–H and O–H groups in total. The summed E-state index contributed by atoms with van der Waals surface area (Å²) in [4.78, 5) is 6.99. The minimum atomic E-state index is -4.61. The van der Waals surface area contributed by atoms with Crippen LogP contribution in [0.25, 0.3) is 32.2 Å². The number of fused-ring (bicyclic) bond motifs is 2. The average Bonchev–Trinajstić information content (AvgIpc) is 3.59. The molecule has 1 fully saturated rings. The third-order valence-electron chi connectivity index (χ3n) is 8.24. The van der Waals surface area contributed by atoms with E-state index in [1.165, 1.54) is 18.4 Å². The van der Waals surface area contributed by atoms with E-state index in [-0.39, 0.29) is 12.4 Å². The van der Waals surface area contributed by atoms with E-state index in [1.807, 2.05) is 30.5 Å². The van der Waals surface area contributed by atoms with Crippen LogP contribution in [0.1, 0.15) is 17.7 Å². The molecular weight excluding hydrogens is 617 g/mol. The van der Waals surface area contributed by atoms with E-state index < -0.39 is 30.7 Å². The van der Waals surface area contributed by atoms with Gasteiger partial charge in [0.2, 0.25) is 0 Å². The number of hydrogen-bond donors (Lipinski definition) is 3. The minimum Gasteiger partial charge on any atom is -0.482 e.